The summed E-state index contributed by atoms with van der Waals surface area (Å²) in [5.74, 6) is 0. The number of benzene rings is 1. The Hall–Kier alpha value is -1.30. The molecular formula is C22H32ClN3O2. The molecule has 4 rings (SSSR count). The van der Waals surface area contributed by atoms with Crippen LogP contribution in [0, 0.1) is 0 Å². The fourth-order valence-electron chi connectivity index (χ4n) is 5.02. The molecule has 1 atom stereocenters. The lowest BCUT2D eigenvalue weighted by Crippen LogP contribution is -2.47. The normalized spacial score (nSPS) is 28.1. The minimum Gasteiger partial charge on any atom is -0.441 e. The third-order valence-corrected chi connectivity index (χ3v) is 7.04. The van der Waals surface area contributed by atoms with Crippen LogP contribution < -0.4 is 4.90 Å². The van der Waals surface area contributed by atoms with Gasteiger partial charge in [-0.25, -0.2) is 4.79 Å². The lowest BCUT2D eigenvalue weighted by atomic mass is 9.94. The second-order valence-electron chi connectivity index (χ2n) is 8.86. The number of hydrogen-bond donors (Lipinski definition) is 0. The second kappa shape index (κ2) is 8.21. The fraction of sp³-hybridized carbons (Fsp3) is 0.682. The Kier molecular flexibility index (Phi) is 5.86. The Balaban J connectivity index is 1.37. The van der Waals surface area contributed by atoms with Crippen LogP contribution in [0.3, 0.4) is 0 Å². The van der Waals surface area contributed by atoms with Crippen LogP contribution in [-0.4, -0.2) is 66.3 Å². The summed E-state index contributed by atoms with van der Waals surface area (Å²) in [5, 5.41) is 0.680. The van der Waals surface area contributed by atoms with E-state index in [4.69, 9.17) is 16.3 Å². The van der Waals surface area contributed by atoms with Gasteiger partial charge in [0.15, 0.2) is 0 Å². The zero-order valence-electron chi connectivity index (χ0n) is 17.1. The van der Waals surface area contributed by atoms with E-state index in [9.17, 15) is 4.79 Å². The molecule has 1 unspecified atom stereocenters. The Bertz CT molecular complexity index is 688. The van der Waals surface area contributed by atoms with Crippen LogP contribution >= 0.6 is 11.6 Å². The van der Waals surface area contributed by atoms with Gasteiger partial charge in [-0.3, -0.25) is 4.90 Å². The summed E-state index contributed by atoms with van der Waals surface area (Å²) in [4.78, 5) is 19.6. The number of likely N-dealkylation sites (tertiary alicyclic amines) is 2. The molecule has 3 heterocycles. The average molecular weight is 406 g/mol. The SMILES string of the molecule is CC(C)N1CCC(N2CCCC3(CC2)CN(c2ccc(Cl)cc2)C(=O)O3)CC1. The zero-order valence-corrected chi connectivity index (χ0v) is 17.8. The number of halogens is 1. The Morgan fingerprint density at radius 3 is 2.46 bits per heavy atom. The summed E-state index contributed by atoms with van der Waals surface area (Å²) >= 11 is 5.99. The van der Waals surface area contributed by atoms with Gasteiger partial charge in [-0.2, -0.15) is 0 Å². The number of piperidine rings is 1. The minimum atomic E-state index is -0.343. The highest BCUT2D eigenvalue weighted by Gasteiger charge is 2.46. The highest BCUT2D eigenvalue weighted by molar-refractivity contribution is 6.30. The van der Waals surface area contributed by atoms with E-state index >= 15 is 0 Å². The van der Waals surface area contributed by atoms with Gasteiger partial charge in [-0.1, -0.05) is 11.6 Å². The van der Waals surface area contributed by atoms with E-state index < -0.39 is 0 Å². The van der Waals surface area contributed by atoms with Gasteiger partial charge in [0, 0.05) is 35.8 Å². The van der Waals surface area contributed by atoms with Crippen molar-refractivity contribution in [1.82, 2.24) is 9.80 Å². The van der Waals surface area contributed by atoms with Gasteiger partial charge in [-0.15, -0.1) is 0 Å². The number of nitrogens with zero attached hydrogens (tertiary/aromatic N) is 3. The van der Waals surface area contributed by atoms with Crippen LogP contribution in [0.15, 0.2) is 24.3 Å². The van der Waals surface area contributed by atoms with Gasteiger partial charge in [-0.05, 0) is 83.4 Å². The molecule has 0 bridgehead atoms. The van der Waals surface area contributed by atoms with Crippen molar-refractivity contribution >= 4 is 23.4 Å². The standard InChI is InChI=1S/C22H32ClN3O2/c1-17(2)24-13-8-19(9-14-24)25-12-3-10-22(11-15-25)16-26(21(27)28-22)20-6-4-18(23)5-7-20/h4-7,17,19H,3,8-16H2,1-2H3. The monoisotopic (exact) mass is 405 g/mol. The Morgan fingerprint density at radius 1 is 1.07 bits per heavy atom. The van der Waals surface area contributed by atoms with Gasteiger partial charge in [0.1, 0.15) is 5.60 Å². The quantitative estimate of drug-likeness (QED) is 0.747. The van der Waals surface area contributed by atoms with E-state index in [2.05, 4.69) is 23.6 Å². The number of carbonyl (C=O) groups excluding carboxylic acids is 1. The van der Waals surface area contributed by atoms with E-state index in [-0.39, 0.29) is 11.7 Å². The highest BCUT2D eigenvalue weighted by atomic mass is 35.5. The Labute approximate surface area is 173 Å². The first kappa shape index (κ1) is 20.0. The van der Waals surface area contributed by atoms with Crippen molar-refractivity contribution in [1.29, 1.82) is 0 Å². The van der Waals surface area contributed by atoms with E-state index in [1.165, 1.54) is 25.9 Å². The molecule has 28 heavy (non-hydrogen) atoms. The molecule has 154 valence electrons. The van der Waals surface area contributed by atoms with Crippen molar-refractivity contribution in [2.45, 2.75) is 63.6 Å². The molecule has 0 aromatic heterocycles. The molecule has 1 aromatic carbocycles. The topological polar surface area (TPSA) is 36.0 Å². The van der Waals surface area contributed by atoms with E-state index in [0.717, 1.165) is 38.0 Å². The summed E-state index contributed by atoms with van der Waals surface area (Å²) in [6.07, 6.45) is 5.24. The maximum Gasteiger partial charge on any atom is 0.415 e. The molecule has 3 aliphatic rings. The summed E-state index contributed by atoms with van der Waals surface area (Å²) in [6.45, 7) is 9.76. The maximum atomic E-state index is 12.6. The van der Waals surface area contributed by atoms with Gasteiger partial charge < -0.3 is 14.5 Å². The van der Waals surface area contributed by atoms with Gasteiger partial charge in [0.2, 0.25) is 0 Å². The van der Waals surface area contributed by atoms with Crippen molar-refractivity contribution < 1.29 is 9.53 Å². The lowest BCUT2D eigenvalue weighted by molar-refractivity contribution is 0.0402. The molecule has 0 radical (unpaired) electrons. The van der Waals surface area contributed by atoms with Crippen LogP contribution in [0.4, 0.5) is 10.5 Å². The minimum absolute atomic E-state index is 0.221. The van der Waals surface area contributed by atoms with E-state index in [1.54, 1.807) is 4.90 Å². The van der Waals surface area contributed by atoms with Crippen LogP contribution in [0.1, 0.15) is 46.0 Å². The molecule has 1 aromatic rings. The first-order chi connectivity index (χ1) is 13.5. The fourth-order valence-corrected chi connectivity index (χ4v) is 5.15. The number of carbonyl (C=O) groups is 1. The average Bonchev–Trinajstić information content (AvgIpc) is 2.87. The van der Waals surface area contributed by atoms with E-state index in [0.29, 0.717) is 23.7 Å². The number of rotatable bonds is 3. The molecular weight excluding hydrogens is 374 g/mol. The van der Waals surface area contributed by atoms with Crippen LogP contribution in [-0.2, 0) is 4.74 Å². The second-order valence-corrected chi connectivity index (χ2v) is 9.30. The van der Waals surface area contributed by atoms with Crippen molar-refractivity contribution in [3.8, 4) is 0 Å². The predicted octanol–water partition coefficient (Wildman–Crippen LogP) is 4.39. The van der Waals surface area contributed by atoms with Crippen LogP contribution in [0.25, 0.3) is 0 Å². The van der Waals surface area contributed by atoms with Crippen molar-refractivity contribution in [2.75, 3.05) is 37.6 Å². The molecule has 0 saturated carbocycles. The van der Waals surface area contributed by atoms with Crippen LogP contribution in [0.2, 0.25) is 5.02 Å². The Morgan fingerprint density at radius 2 is 1.79 bits per heavy atom. The molecule has 0 N–H and O–H groups in total. The molecule has 3 aliphatic heterocycles. The van der Waals surface area contributed by atoms with Gasteiger partial charge in [0.25, 0.3) is 0 Å². The summed E-state index contributed by atoms with van der Waals surface area (Å²) < 4.78 is 5.97. The highest BCUT2D eigenvalue weighted by Crippen LogP contribution is 2.37. The van der Waals surface area contributed by atoms with Crippen molar-refractivity contribution in [2.24, 2.45) is 0 Å². The van der Waals surface area contributed by atoms with Gasteiger partial charge in [0.05, 0.1) is 6.54 Å². The number of anilines is 1. The maximum absolute atomic E-state index is 12.6. The summed E-state index contributed by atoms with van der Waals surface area (Å²) in [5.41, 5.74) is 0.526. The number of hydrogen-bond acceptors (Lipinski definition) is 4. The molecule has 1 spiro atoms. The smallest absolute Gasteiger partial charge is 0.415 e. The van der Waals surface area contributed by atoms with Crippen LogP contribution in [0.5, 0.6) is 0 Å². The molecule has 0 aliphatic carbocycles. The third-order valence-electron chi connectivity index (χ3n) is 6.79. The molecule has 6 heteroatoms. The summed E-state index contributed by atoms with van der Waals surface area (Å²) in [7, 11) is 0. The summed E-state index contributed by atoms with van der Waals surface area (Å²) in [6, 6.07) is 8.77. The lowest BCUT2D eigenvalue weighted by Gasteiger charge is -2.39. The van der Waals surface area contributed by atoms with E-state index in [1.807, 2.05) is 24.3 Å². The predicted molar refractivity (Wildman–Crippen MR) is 113 cm³/mol. The number of ether oxygens (including phenoxy) is 1. The van der Waals surface area contributed by atoms with Crippen molar-refractivity contribution in [3.63, 3.8) is 0 Å². The third kappa shape index (κ3) is 4.17. The first-order valence-corrected chi connectivity index (χ1v) is 11.1. The molecule has 5 nitrogen and oxygen atoms in total. The first-order valence-electron chi connectivity index (χ1n) is 10.7. The largest absolute Gasteiger partial charge is 0.441 e. The molecule has 3 saturated heterocycles. The molecule has 3 fully saturated rings. The molecule has 1 amide bonds. The van der Waals surface area contributed by atoms with Gasteiger partial charge >= 0.3 is 6.09 Å². The van der Waals surface area contributed by atoms with Crippen molar-refractivity contribution in [3.05, 3.63) is 29.3 Å². The zero-order chi connectivity index (χ0) is 19.7. The number of amides is 1.